The summed E-state index contributed by atoms with van der Waals surface area (Å²) < 4.78 is 4.73. The fourth-order valence-corrected chi connectivity index (χ4v) is 2.56. The van der Waals surface area contributed by atoms with Gasteiger partial charge in [-0.05, 0) is 38.0 Å². The molecule has 112 valence electrons. The van der Waals surface area contributed by atoms with Gasteiger partial charge in [-0.25, -0.2) is 0 Å². The van der Waals surface area contributed by atoms with Gasteiger partial charge in [0.15, 0.2) is 0 Å². The standard InChI is InChI=1S/C17H22N2O2/c1-11-8-13(6-7-16(20)21-5)17-14(9-11)15(19(3)4)10-12(2)18-17/h8-10H,6-7H2,1-5H3. The molecule has 2 aromatic rings. The van der Waals surface area contributed by atoms with Gasteiger partial charge in [0.05, 0.1) is 12.6 Å². The number of fused-ring (bicyclic) bond motifs is 1. The SMILES string of the molecule is COC(=O)CCc1cc(C)cc2c(N(C)C)cc(C)nc12. The van der Waals surface area contributed by atoms with E-state index in [1.807, 2.05) is 21.0 Å². The van der Waals surface area contributed by atoms with Crippen molar-refractivity contribution in [3.05, 3.63) is 35.0 Å². The van der Waals surface area contributed by atoms with Gasteiger partial charge in [-0.3, -0.25) is 9.78 Å². The van der Waals surface area contributed by atoms with Crippen LogP contribution in [0.2, 0.25) is 0 Å². The molecule has 1 aromatic heterocycles. The Labute approximate surface area is 125 Å². The second-order valence-corrected chi connectivity index (χ2v) is 5.57. The van der Waals surface area contributed by atoms with Crippen molar-refractivity contribution in [2.24, 2.45) is 0 Å². The number of hydrogen-bond donors (Lipinski definition) is 0. The first kappa shape index (κ1) is 15.3. The Kier molecular flexibility index (Phi) is 4.46. The summed E-state index contributed by atoms with van der Waals surface area (Å²) in [7, 11) is 5.48. The van der Waals surface area contributed by atoms with Crippen LogP contribution in [0.4, 0.5) is 5.69 Å². The summed E-state index contributed by atoms with van der Waals surface area (Å²) in [4.78, 5) is 18.2. The predicted molar refractivity (Wildman–Crippen MR) is 85.9 cm³/mol. The van der Waals surface area contributed by atoms with Gasteiger partial charge in [-0.15, -0.1) is 0 Å². The first-order valence-corrected chi connectivity index (χ1v) is 7.07. The van der Waals surface area contributed by atoms with E-state index in [0.717, 1.165) is 27.8 Å². The van der Waals surface area contributed by atoms with Crippen LogP contribution in [0.15, 0.2) is 18.2 Å². The third kappa shape index (κ3) is 3.32. The molecule has 1 heterocycles. The first-order valence-electron chi connectivity index (χ1n) is 7.07. The summed E-state index contributed by atoms with van der Waals surface area (Å²) in [5.74, 6) is -0.190. The Morgan fingerprint density at radius 2 is 1.95 bits per heavy atom. The molecular weight excluding hydrogens is 264 g/mol. The van der Waals surface area contributed by atoms with Crippen molar-refractivity contribution in [3.63, 3.8) is 0 Å². The number of nitrogens with zero attached hydrogens (tertiary/aromatic N) is 2. The second-order valence-electron chi connectivity index (χ2n) is 5.57. The normalized spacial score (nSPS) is 10.7. The van der Waals surface area contributed by atoms with Gasteiger partial charge in [-0.1, -0.05) is 11.6 Å². The topological polar surface area (TPSA) is 42.4 Å². The van der Waals surface area contributed by atoms with Crippen LogP contribution in [0.5, 0.6) is 0 Å². The van der Waals surface area contributed by atoms with Gasteiger partial charge in [0.25, 0.3) is 0 Å². The summed E-state index contributed by atoms with van der Waals surface area (Å²) in [5.41, 5.74) is 5.39. The molecule has 0 unspecified atom stereocenters. The molecule has 0 radical (unpaired) electrons. The highest BCUT2D eigenvalue weighted by molar-refractivity contribution is 5.94. The third-order valence-electron chi connectivity index (χ3n) is 3.55. The number of anilines is 1. The van der Waals surface area contributed by atoms with Gasteiger partial charge in [0.2, 0.25) is 0 Å². The van der Waals surface area contributed by atoms with Crippen LogP contribution in [0.25, 0.3) is 10.9 Å². The molecule has 0 saturated carbocycles. The molecule has 21 heavy (non-hydrogen) atoms. The van der Waals surface area contributed by atoms with E-state index in [1.54, 1.807) is 0 Å². The van der Waals surface area contributed by atoms with Crippen molar-refractivity contribution in [1.29, 1.82) is 0 Å². The zero-order valence-corrected chi connectivity index (χ0v) is 13.4. The summed E-state index contributed by atoms with van der Waals surface area (Å²) >= 11 is 0. The molecule has 0 aliphatic rings. The molecule has 0 saturated heterocycles. The fraction of sp³-hybridized carbons (Fsp3) is 0.412. The van der Waals surface area contributed by atoms with E-state index in [1.165, 1.54) is 12.7 Å². The summed E-state index contributed by atoms with van der Waals surface area (Å²) in [6.45, 7) is 4.07. The number of aryl methyl sites for hydroxylation is 3. The lowest BCUT2D eigenvalue weighted by Crippen LogP contribution is -2.11. The van der Waals surface area contributed by atoms with Crippen molar-refractivity contribution in [2.75, 3.05) is 26.1 Å². The molecular formula is C17H22N2O2. The number of carbonyl (C=O) groups is 1. The lowest BCUT2D eigenvalue weighted by molar-refractivity contribution is -0.140. The van der Waals surface area contributed by atoms with Crippen LogP contribution >= 0.6 is 0 Å². The Morgan fingerprint density at radius 1 is 1.24 bits per heavy atom. The molecule has 0 N–H and O–H groups in total. The highest BCUT2D eigenvalue weighted by Crippen LogP contribution is 2.29. The predicted octanol–water partition coefficient (Wildman–Crippen LogP) is 3.02. The maximum Gasteiger partial charge on any atom is 0.305 e. The molecule has 2 rings (SSSR count). The van der Waals surface area contributed by atoms with Crippen molar-refractivity contribution < 1.29 is 9.53 Å². The smallest absolute Gasteiger partial charge is 0.305 e. The van der Waals surface area contributed by atoms with Crippen LogP contribution in [0.3, 0.4) is 0 Å². The van der Waals surface area contributed by atoms with E-state index in [0.29, 0.717) is 12.8 Å². The maximum atomic E-state index is 11.4. The summed E-state index contributed by atoms with van der Waals surface area (Å²) in [5, 5.41) is 1.13. The van der Waals surface area contributed by atoms with Crippen LogP contribution < -0.4 is 4.90 Å². The Hall–Kier alpha value is -2.10. The molecule has 0 spiro atoms. The zero-order valence-electron chi connectivity index (χ0n) is 13.4. The fourth-order valence-electron chi connectivity index (χ4n) is 2.56. The zero-order chi connectivity index (χ0) is 15.6. The number of carbonyl (C=O) groups excluding carboxylic acids is 1. The van der Waals surface area contributed by atoms with Crippen molar-refractivity contribution >= 4 is 22.6 Å². The molecule has 4 heteroatoms. The number of rotatable bonds is 4. The van der Waals surface area contributed by atoms with Crippen molar-refractivity contribution in [3.8, 4) is 0 Å². The molecule has 0 fully saturated rings. The van der Waals surface area contributed by atoms with E-state index in [-0.39, 0.29) is 5.97 Å². The average Bonchev–Trinajstić information content (AvgIpc) is 2.43. The van der Waals surface area contributed by atoms with Crippen molar-refractivity contribution in [1.82, 2.24) is 4.98 Å². The summed E-state index contributed by atoms with van der Waals surface area (Å²) in [6.07, 6.45) is 1.02. The molecule has 0 aliphatic carbocycles. The second kappa shape index (κ2) is 6.12. The van der Waals surface area contributed by atoms with Crippen LogP contribution in [0.1, 0.15) is 23.2 Å². The van der Waals surface area contributed by atoms with E-state index in [4.69, 9.17) is 4.74 Å². The van der Waals surface area contributed by atoms with E-state index in [2.05, 4.69) is 35.0 Å². The minimum Gasteiger partial charge on any atom is -0.469 e. The van der Waals surface area contributed by atoms with Crippen LogP contribution in [0, 0.1) is 13.8 Å². The highest BCUT2D eigenvalue weighted by Gasteiger charge is 2.12. The quantitative estimate of drug-likeness (QED) is 0.810. The third-order valence-corrected chi connectivity index (χ3v) is 3.55. The van der Waals surface area contributed by atoms with E-state index in [9.17, 15) is 4.79 Å². The van der Waals surface area contributed by atoms with Crippen molar-refractivity contribution in [2.45, 2.75) is 26.7 Å². The van der Waals surface area contributed by atoms with Crippen LogP contribution in [-0.2, 0) is 16.0 Å². The lowest BCUT2D eigenvalue weighted by Gasteiger charge is -2.18. The minimum atomic E-state index is -0.190. The van der Waals surface area contributed by atoms with Gasteiger partial charge in [0.1, 0.15) is 0 Å². The highest BCUT2D eigenvalue weighted by atomic mass is 16.5. The number of methoxy groups -OCH3 is 1. The first-order chi connectivity index (χ1) is 9.92. The van der Waals surface area contributed by atoms with Gasteiger partial charge in [-0.2, -0.15) is 0 Å². The molecule has 0 bridgehead atoms. The average molecular weight is 286 g/mol. The lowest BCUT2D eigenvalue weighted by atomic mass is 10.0. The van der Waals surface area contributed by atoms with Gasteiger partial charge in [0, 0.05) is 37.3 Å². The Balaban J connectivity index is 2.57. The molecule has 0 atom stereocenters. The number of hydrogen-bond acceptors (Lipinski definition) is 4. The van der Waals surface area contributed by atoms with Crippen LogP contribution in [-0.4, -0.2) is 32.2 Å². The number of ether oxygens (including phenoxy) is 1. The van der Waals surface area contributed by atoms with Gasteiger partial charge >= 0.3 is 5.97 Å². The summed E-state index contributed by atoms with van der Waals surface area (Å²) in [6, 6.07) is 6.35. The molecule has 0 aliphatic heterocycles. The monoisotopic (exact) mass is 286 g/mol. The minimum absolute atomic E-state index is 0.190. The number of esters is 1. The Morgan fingerprint density at radius 3 is 2.57 bits per heavy atom. The molecule has 0 amide bonds. The van der Waals surface area contributed by atoms with E-state index >= 15 is 0 Å². The largest absolute Gasteiger partial charge is 0.469 e. The van der Waals surface area contributed by atoms with E-state index < -0.39 is 0 Å². The molecule has 4 nitrogen and oxygen atoms in total. The number of aromatic nitrogens is 1. The van der Waals surface area contributed by atoms with Gasteiger partial charge < -0.3 is 9.64 Å². The number of benzene rings is 1. The number of pyridine rings is 1. The maximum absolute atomic E-state index is 11.4. The molecule has 1 aromatic carbocycles. The Bertz CT molecular complexity index is 678.